The number of aryl methyl sites for hydroxylation is 1. The van der Waals surface area contributed by atoms with Gasteiger partial charge in [-0.3, -0.25) is 9.47 Å². The molecule has 0 amide bonds. The summed E-state index contributed by atoms with van der Waals surface area (Å²) < 4.78 is 12.4. The van der Waals surface area contributed by atoms with Crippen LogP contribution in [-0.2, 0) is 17.7 Å². The molecule has 4 rings (SSSR count). The normalized spacial score (nSPS) is 14.3. The lowest BCUT2D eigenvalue weighted by Crippen LogP contribution is -2.48. The number of hydrogen-bond donors (Lipinski definition) is 0. The zero-order chi connectivity index (χ0) is 19.5. The Labute approximate surface area is 163 Å². The first kappa shape index (κ1) is 18.5. The molecule has 0 unspecified atom stereocenters. The Bertz CT molecular complexity index is 1060. The van der Waals surface area contributed by atoms with Crippen molar-refractivity contribution in [3.63, 3.8) is 0 Å². The molecule has 6 nitrogen and oxygen atoms in total. The molecule has 0 radical (unpaired) electrons. The SMILES string of the molecule is CN(CCn1c(=O)oc2ccc(-c3ccc(CCC#N)cc3)cc21)C1COC1. The second-order valence-corrected chi connectivity index (χ2v) is 7.23. The highest BCUT2D eigenvalue weighted by Gasteiger charge is 2.23. The predicted molar refractivity (Wildman–Crippen MR) is 107 cm³/mol. The van der Waals surface area contributed by atoms with E-state index in [-0.39, 0.29) is 5.76 Å². The Kier molecular flexibility index (Phi) is 5.29. The zero-order valence-corrected chi connectivity index (χ0v) is 15.9. The summed E-state index contributed by atoms with van der Waals surface area (Å²) in [6.07, 6.45) is 1.28. The van der Waals surface area contributed by atoms with Crippen molar-refractivity contribution in [3.05, 3.63) is 58.6 Å². The van der Waals surface area contributed by atoms with Crippen LogP contribution in [0.1, 0.15) is 12.0 Å². The maximum absolute atomic E-state index is 12.3. The van der Waals surface area contributed by atoms with E-state index in [9.17, 15) is 4.79 Å². The highest BCUT2D eigenvalue weighted by atomic mass is 16.5. The van der Waals surface area contributed by atoms with Crippen LogP contribution in [0.25, 0.3) is 22.2 Å². The van der Waals surface area contributed by atoms with Gasteiger partial charge in [-0.2, -0.15) is 5.26 Å². The molecule has 0 atom stereocenters. The summed E-state index contributed by atoms with van der Waals surface area (Å²) in [6, 6.07) is 16.7. The van der Waals surface area contributed by atoms with Gasteiger partial charge in [-0.1, -0.05) is 30.3 Å². The second-order valence-electron chi connectivity index (χ2n) is 7.23. The largest absolute Gasteiger partial charge is 0.419 e. The number of fused-ring (bicyclic) bond motifs is 1. The van der Waals surface area contributed by atoms with E-state index in [1.54, 1.807) is 4.57 Å². The number of oxazole rings is 1. The van der Waals surface area contributed by atoms with Gasteiger partial charge in [-0.25, -0.2) is 4.79 Å². The summed E-state index contributed by atoms with van der Waals surface area (Å²) in [4.78, 5) is 14.5. The van der Waals surface area contributed by atoms with Gasteiger partial charge in [-0.05, 0) is 42.3 Å². The first-order valence-electron chi connectivity index (χ1n) is 9.53. The van der Waals surface area contributed by atoms with E-state index in [2.05, 4.69) is 42.3 Å². The van der Waals surface area contributed by atoms with Gasteiger partial charge in [0.05, 0.1) is 30.8 Å². The van der Waals surface area contributed by atoms with Crippen LogP contribution in [0.4, 0.5) is 0 Å². The highest BCUT2D eigenvalue weighted by molar-refractivity contribution is 5.80. The molecule has 1 aromatic heterocycles. The molecule has 0 spiro atoms. The molecule has 1 saturated heterocycles. The van der Waals surface area contributed by atoms with Gasteiger partial charge in [-0.15, -0.1) is 0 Å². The molecule has 1 aliphatic rings. The lowest BCUT2D eigenvalue weighted by Gasteiger charge is -2.34. The molecule has 3 aromatic rings. The smallest absolute Gasteiger partial charge is 0.408 e. The number of aromatic nitrogens is 1. The third-order valence-corrected chi connectivity index (χ3v) is 5.40. The first-order chi connectivity index (χ1) is 13.7. The fraction of sp³-hybridized carbons (Fsp3) is 0.364. The summed E-state index contributed by atoms with van der Waals surface area (Å²) in [5.74, 6) is -0.322. The topological polar surface area (TPSA) is 71.4 Å². The van der Waals surface area contributed by atoms with E-state index >= 15 is 0 Å². The summed E-state index contributed by atoms with van der Waals surface area (Å²) in [6.45, 7) is 2.86. The maximum atomic E-state index is 12.3. The van der Waals surface area contributed by atoms with Crippen molar-refractivity contribution in [1.29, 1.82) is 5.26 Å². The molecular weight excluding hydrogens is 354 g/mol. The van der Waals surface area contributed by atoms with Gasteiger partial charge >= 0.3 is 5.76 Å². The van der Waals surface area contributed by atoms with Gasteiger partial charge in [0.1, 0.15) is 0 Å². The molecule has 0 bridgehead atoms. The Morgan fingerprint density at radius 2 is 1.93 bits per heavy atom. The minimum atomic E-state index is -0.322. The van der Waals surface area contributed by atoms with Crippen molar-refractivity contribution in [3.8, 4) is 17.2 Å². The summed E-state index contributed by atoms with van der Waals surface area (Å²) in [7, 11) is 2.06. The average Bonchev–Trinajstić information content (AvgIpc) is 2.98. The standard InChI is InChI=1S/C22H23N3O3/c1-24(19-14-27-15-19)11-12-25-20-13-18(8-9-21(20)28-22(25)26)17-6-4-16(5-7-17)3-2-10-23/h4-9,13,19H,2-3,11-12,14-15H2,1H3. The van der Waals surface area contributed by atoms with Crippen LogP contribution in [0.3, 0.4) is 0 Å². The van der Waals surface area contributed by atoms with Crippen molar-refractivity contribution in [2.75, 3.05) is 26.8 Å². The molecule has 0 saturated carbocycles. The quantitative estimate of drug-likeness (QED) is 0.633. The molecule has 28 heavy (non-hydrogen) atoms. The average molecular weight is 377 g/mol. The molecule has 0 N–H and O–H groups in total. The number of likely N-dealkylation sites (N-methyl/N-ethyl adjacent to an activating group) is 1. The molecule has 0 aliphatic carbocycles. The van der Waals surface area contributed by atoms with Crippen LogP contribution in [0.5, 0.6) is 0 Å². The van der Waals surface area contributed by atoms with Gasteiger partial charge in [0.15, 0.2) is 5.58 Å². The van der Waals surface area contributed by atoms with Crippen LogP contribution < -0.4 is 5.76 Å². The fourth-order valence-corrected chi connectivity index (χ4v) is 3.44. The van der Waals surface area contributed by atoms with Crippen molar-refractivity contribution in [2.45, 2.75) is 25.4 Å². The first-order valence-corrected chi connectivity index (χ1v) is 9.53. The lowest BCUT2D eigenvalue weighted by molar-refractivity contribution is -0.0566. The van der Waals surface area contributed by atoms with Crippen molar-refractivity contribution >= 4 is 11.1 Å². The lowest BCUT2D eigenvalue weighted by atomic mass is 10.0. The van der Waals surface area contributed by atoms with E-state index in [0.717, 1.165) is 48.4 Å². The van der Waals surface area contributed by atoms with E-state index in [1.165, 1.54) is 0 Å². The van der Waals surface area contributed by atoms with Crippen LogP contribution in [0.2, 0.25) is 0 Å². The van der Waals surface area contributed by atoms with Crippen LogP contribution in [0.15, 0.2) is 51.7 Å². The number of nitrogens with zero attached hydrogens (tertiary/aromatic N) is 3. The van der Waals surface area contributed by atoms with Crippen molar-refractivity contribution in [1.82, 2.24) is 9.47 Å². The number of hydrogen-bond acceptors (Lipinski definition) is 5. The van der Waals surface area contributed by atoms with E-state index < -0.39 is 0 Å². The summed E-state index contributed by atoms with van der Waals surface area (Å²) >= 11 is 0. The van der Waals surface area contributed by atoms with E-state index in [1.807, 2.05) is 18.2 Å². The number of ether oxygens (including phenoxy) is 1. The fourth-order valence-electron chi connectivity index (χ4n) is 3.44. The third-order valence-electron chi connectivity index (χ3n) is 5.40. The highest BCUT2D eigenvalue weighted by Crippen LogP contribution is 2.25. The monoisotopic (exact) mass is 377 g/mol. The molecule has 2 aromatic carbocycles. The third kappa shape index (κ3) is 3.72. The molecule has 144 valence electrons. The molecular formula is C22H23N3O3. The number of rotatable bonds is 7. The Balaban J connectivity index is 1.57. The number of benzene rings is 2. The Morgan fingerprint density at radius 3 is 2.61 bits per heavy atom. The minimum Gasteiger partial charge on any atom is -0.408 e. The van der Waals surface area contributed by atoms with E-state index in [0.29, 0.717) is 24.6 Å². The molecule has 1 fully saturated rings. The van der Waals surface area contributed by atoms with E-state index in [4.69, 9.17) is 14.4 Å². The van der Waals surface area contributed by atoms with Crippen LogP contribution >= 0.6 is 0 Å². The van der Waals surface area contributed by atoms with Crippen molar-refractivity contribution in [2.24, 2.45) is 0 Å². The van der Waals surface area contributed by atoms with Crippen LogP contribution in [0, 0.1) is 11.3 Å². The van der Waals surface area contributed by atoms with Gasteiger partial charge in [0.25, 0.3) is 0 Å². The van der Waals surface area contributed by atoms with Crippen molar-refractivity contribution < 1.29 is 9.15 Å². The van der Waals surface area contributed by atoms with Gasteiger partial charge < -0.3 is 9.15 Å². The Morgan fingerprint density at radius 1 is 1.18 bits per heavy atom. The zero-order valence-electron chi connectivity index (χ0n) is 15.9. The molecule has 2 heterocycles. The predicted octanol–water partition coefficient (Wildman–Crippen LogP) is 3.05. The number of nitriles is 1. The molecule has 1 aliphatic heterocycles. The summed E-state index contributed by atoms with van der Waals surface area (Å²) in [5, 5.41) is 8.72. The molecule has 6 heteroatoms. The maximum Gasteiger partial charge on any atom is 0.419 e. The minimum absolute atomic E-state index is 0.322. The Hall–Kier alpha value is -2.88. The van der Waals surface area contributed by atoms with Gasteiger partial charge in [0, 0.05) is 19.5 Å². The van der Waals surface area contributed by atoms with Gasteiger partial charge in [0.2, 0.25) is 0 Å². The second kappa shape index (κ2) is 8.01. The summed E-state index contributed by atoms with van der Waals surface area (Å²) in [5.41, 5.74) is 4.68. The van der Waals surface area contributed by atoms with Crippen LogP contribution in [-0.4, -0.2) is 42.3 Å².